The van der Waals surface area contributed by atoms with E-state index < -0.39 is 0 Å². The summed E-state index contributed by atoms with van der Waals surface area (Å²) in [6.07, 6.45) is 1.75. The van der Waals surface area contributed by atoms with Gasteiger partial charge in [0.1, 0.15) is 5.58 Å². The van der Waals surface area contributed by atoms with Crippen LogP contribution in [0.3, 0.4) is 0 Å². The topological polar surface area (TPSA) is 64.7 Å². The van der Waals surface area contributed by atoms with E-state index in [0.29, 0.717) is 23.2 Å². The lowest BCUT2D eigenvalue weighted by Crippen LogP contribution is -2.00. The Labute approximate surface area is 269 Å². The van der Waals surface area contributed by atoms with Crippen LogP contribution >= 0.6 is 0 Å². The van der Waals surface area contributed by atoms with Crippen LogP contribution in [0.2, 0.25) is 0 Å². The summed E-state index contributed by atoms with van der Waals surface area (Å²) in [5.74, 6) is 1.79. The van der Waals surface area contributed by atoms with Gasteiger partial charge in [-0.1, -0.05) is 121 Å². The van der Waals surface area contributed by atoms with Gasteiger partial charge < -0.3 is 4.42 Å². The molecule has 9 aromatic rings. The summed E-state index contributed by atoms with van der Waals surface area (Å²) in [6, 6.07) is 48.4. The molecule has 47 heavy (non-hydrogen) atoms. The first-order chi connectivity index (χ1) is 23.3. The van der Waals surface area contributed by atoms with Gasteiger partial charge in [0.25, 0.3) is 0 Å². The third kappa shape index (κ3) is 4.03. The predicted molar refractivity (Wildman–Crippen MR) is 189 cm³/mol. The summed E-state index contributed by atoms with van der Waals surface area (Å²) >= 11 is 0. The minimum Gasteiger partial charge on any atom is -0.438 e. The highest BCUT2D eigenvalue weighted by molar-refractivity contribution is 6.15. The van der Waals surface area contributed by atoms with Gasteiger partial charge in [-0.15, -0.1) is 0 Å². The molecule has 3 heterocycles. The molecule has 0 fully saturated rings. The lowest BCUT2D eigenvalue weighted by molar-refractivity contribution is 0.654. The fourth-order valence-electron chi connectivity index (χ4n) is 6.96. The average molecular weight is 601 g/mol. The van der Waals surface area contributed by atoms with Crippen LogP contribution in [0.25, 0.3) is 100 Å². The molecule has 0 unspecified atom stereocenters. The highest BCUT2D eigenvalue weighted by Crippen LogP contribution is 2.48. The number of para-hydroxylation sites is 1. The second-order valence-corrected chi connectivity index (χ2v) is 11.9. The molecule has 3 aromatic heterocycles. The maximum atomic E-state index is 6.08. The van der Waals surface area contributed by atoms with Crippen LogP contribution in [0, 0.1) is 0 Å². The summed E-state index contributed by atoms with van der Waals surface area (Å²) < 4.78 is 6.08. The van der Waals surface area contributed by atoms with E-state index >= 15 is 0 Å². The number of aromatic nitrogens is 4. The Morgan fingerprint density at radius 1 is 0.404 bits per heavy atom. The largest absolute Gasteiger partial charge is 0.438 e. The van der Waals surface area contributed by atoms with Gasteiger partial charge in [0.05, 0.1) is 5.39 Å². The molecule has 0 saturated carbocycles. The standard InChI is InChI=1S/C42H24N4O/c1-2-8-27(9-3-1)39-44-40(46-41(45-39)34-22-23-43-42-38(34)33-12-4-5-15-36(33)47-42)28-18-16-25(17-19-28)29-20-21-30-31-13-6-10-26-11-7-14-32(37(26)31)35(30)24-29/h1-24H. The molecule has 0 radical (unpaired) electrons. The van der Waals surface area contributed by atoms with E-state index in [9.17, 15) is 0 Å². The van der Waals surface area contributed by atoms with Gasteiger partial charge in [-0.25, -0.2) is 19.9 Å². The quantitative estimate of drug-likeness (QED) is 0.201. The molecule has 0 N–H and O–H groups in total. The molecule has 0 saturated heterocycles. The molecule has 1 aliphatic rings. The maximum Gasteiger partial charge on any atom is 0.228 e. The molecule has 0 atom stereocenters. The molecule has 6 aromatic carbocycles. The zero-order valence-corrected chi connectivity index (χ0v) is 25.1. The minimum absolute atomic E-state index is 0.560. The Balaban J connectivity index is 1.09. The van der Waals surface area contributed by atoms with Gasteiger partial charge in [-0.05, 0) is 62.4 Å². The van der Waals surface area contributed by atoms with Crippen molar-refractivity contribution in [1.29, 1.82) is 0 Å². The SMILES string of the molecule is c1ccc(-c2nc(-c3ccc(-c4ccc5c(c4)-c4cccc6cccc-5c46)cc3)nc(-c3ccnc4oc5ccccc5c34)n2)cc1. The number of benzene rings is 6. The van der Waals surface area contributed by atoms with Crippen LogP contribution in [0.4, 0.5) is 0 Å². The number of fused-ring (bicyclic) bond motifs is 6. The third-order valence-corrected chi connectivity index (χ3v) is 9.17. The lowest BCUT2D eigenvalue weighted by atomic mass is 9.97. The Hall–Kier alpha value is -6.46. The second kappa shape index (κ2) is 10.0. The fraction of sp³-hybridized carbons (Fsp3) is 0. The highest BCUT2D eigenvalue weighted by atomic mass is 16.3. The fourth-order valence-corrected chi connectivity index (χ4v) is 6.96. The van der Waals surface area contributed by atoms with Crippen LogP contribution < -0.4 is 0 Å². The summed E-state index contributed by atoms with van der Waals surface area (Å²) in [7, 11) is 0. The van der Waals surface area contributed by atoms with Crippen LogP contribution in [-0.2, 0) is 0 Å². The van der Waals surface area contributed by atoms with E-state index in [1.807, 2.05) is 60.7 Å². The van der Waals surface area contributed by atoms with Crippen molar-refractivity contribution in [3.05, 3.63) is 146 Å². The molecular formula is C42H24N4O. The van der Waals surface area contributed by atoms with E-state index in [2.05, 4.69) is 83.8 Å². The van der Waals surface area contributed by atoms with Crippen molar-refractivity contribution in [2.45, 2.75) is 0 Å². The molecule has 0 bridgehead atoms. The smallest absolute Gasteiger partial charge is 0.228 e. The van der Waals surface area contributed by atoms with Gasteiger partial charge >= 0.3 is 0 Å². The number of hydrogen-bond acceptors (Lipinski definition) is 5. The number of pyridine rings is 1. The number of nitrogens with zero attached hydrogens (tertiary/aromatic N) is 4. The van der Waals surface area contributed by atoms with Gasteiger partial charge in [0, 0.05) is 28.3 Å². The number of hydrogen-bond donors (Lipinski definition) is 0. The van der Waals surface area contributed by atoms with Gasteiger partial charge in [-0.3, -0.25) is 0 Å². The second-order valence-electron chi connectivity index (χ2n) is 11.9. The number of furan rings is 1. The number of rotatable bonds is 4. The van der Waals surface area contributed by atoms with E-state index in [-0.39, 0.29) is 0 Å². The molecular weight excluding hydrogens is 576 g/mol. The normalized spacial score (nSPS) is 11.8. The highest BCUT2D eigenvalue weighted by Gasteiger charge is 2.22. The van der Waals surface area contributed by atoms with Crippen molar-refractivity contribution >= 4 is 32.8 Å². The third-order valence-electron chi connectivity index (χ3n) is 9.17. The van der Waals surface area contributed by atoms with Gasteiger partial charge in [-0.2, -0.15) is 0 Å². The molecule has 0 spiro atoms. The maximum absolute atomic E-state index is 6.08. The Kier molecular flexibility index (Phi) is 5.51. The first-order valence-corrected chi connectivity index (χ1v) is 15.6. The molecule has 0 aliphatic heterocycles. The molecule has 0 amide bonds. The van der Waals surface area contributed by atoms with Crippen LogP contribution in [0.1, 0.15) is 0 Å². The minimum atomic E-state index is 0.560. The lowest BCUT2D eigenvalue weighted by Gasteiger charge is -2.10. The summed E-state index contributed by atoms with van der Waals surface area (Å²) in [5, 5.41) is 4.49. The van der Waals surface area contributed by atoms with E-state index in [0.717, 1.165) is 38.6 Å². The van der Waals surface area contributed by atoms with Crippen LogP contribution in [-0.4, -0.2) is 19.9 Å². The Bertz CT molecular complexity index is 2670. The van der Waals surface area contributed by atoms with Crippen molar-refractivity contribution in [2.24, 2.45) is 0 Å². The first kappa shape index (κ1) is 25.8. The Morgan fingerprint density at radius 2 is 1.06 bits per heavy atom. The summed E-state index contributed by atoms with van der Waals surface area (Å²) in [4.78, 5) is 19.5. The van der Waals surface area contributed by atoms with Gasteiger partial charge in [0.2, 0.25) is 5.71 Å². The molecule has 5 heteroatoms. The monoisotopic (exact) mass is 600 g/mol. The molecule has 218 valence electrons. The summed E-state index contributed by atoms with van der Waals surface area (Å²) in [5.41, 5.74) is 11.5. The van der Waals surface area contributed by atoms with Crippen molar-refractivity contribution < 1.29 is 4.42 Å². The van der Waals surface area contributed by atoms with Crippen molar-refractivity contribution in [1.82, 2.24) is 19.9 Å². The van der Waals surface area contributed by atoms with Crippen molar-refractivity contribution in [3.63, 3.8) is 0 Å². The molecule has 5 nitrogen and oxygen atoms in total. The zero-order chi connectivity index (χ0) is 30.9. The van der Waals surface area contributed by atoms with Gasteiger partial charge in [0.15, 0.2) is 17.5 Å². The van der Waals surface area contributed by atoms with E-state index in [4.69, 9.17) is 19.4 Å². The van der Waals surface area contributed by atoms with Crippen molar-refractivity contribution in [2.75, 3.05) is 0 Å². The zero-order valence-electron chi connectivity index (χ0n) is 25.1. The summed E-state index contributed by atoms with van der Waals surface area (Å²) in [6.45, 7) is 0. The van der Waals surface area contributed by atoms with Crippen LogP contribution in [0.15, 0.2) is 150 Å². The Morgan fingerprint density at radius 3 is 1.87 bits per heavy atom. The van der Waals surface area contributed by atoms with E-state index in [1.54, 1.807) is 6.20 Å². The predicted octanol–water partition coefficient (Wildman–Crippen LogP) is 10.6. The molecule has 1 aliphatic carbocycles. The molecule has 10 rings (SSSR count). The van der Waals surface area contributed by atoms with Crippen LogP contribution in [0.5, 0.6) is 0 Å². The van der Waals surface area contributed by atoms with E-state index in [1.165, 1.54) is 38.6 Å². The first-order valence-electron chi connectivity index (χ1n) is 15.6. The van der Waals surface area contributed by atoms with Crippen molar-refractivity contribution in [3.8, 4) is 67.5 Å². The average Bonchev–Trinajstić information content (AvgIpc) is 3.69.